The predicted molar refractivity (Wildman–Crippen MR) is 99.2 cm³/mol. The van der Waals surface area contributed by atoms with Gasteiger partial charge in [-0.2, -0.15) is 11.8 Å². The molecule has 0 aromatic heterocycles. The Balaban J connectivity index is 1.96. The van der Waals surface area contributed by atoms with Gasteiger partial charge >= 0.3 is 0 Å². The van der Waals surface area contributed by atoms with Gasteiger partial charge < -0.3 is 4.48 Å². The number of quaternary nitrogens is 1. The minimum atomic E-state index is 1.36. The van der Waals surface area contributed by atoms with E-state index in [0.29, 0.717) is 0 Å². The van der Waals surface area contributed by atoms with E-state index < -0.39 is 0 Å². The van der Waals surface area contributed by atoms with Crippen LogP contribution in [-0.4, -0.2) is 42.2 Å². The Kier molecular flexibility index (Phi) is 11.8. The summed E-state index contributed by atoms with van der Waals surface area (Å²) < 4.78 is 1.44. The molecule has 126 valence electrons. The van der Waals surface area contributed by atoms with Gasteiger partial charge in [-0.15, -0.1) is 0 Å². The molecule has 0 spiro atoms. The Morgan fingerprint density at radius 2 is 1.14 bits per heavy atom. The molecular weight excluding hydrogens is 274 g/mol. The molecule has 0 aliphatic carbocycles. The van der Waals surface area contributed by atoms with Crippen LogP contribution in [0, 0.1) is 0 Å². The molecule has 0 radical (unpaired) electrons. The van der Waals surface area contributed by atoms with Crippen molar-refractivity contribution in [2.24, 2.45) is 0 Å². The first kappa shape index (κ1) is 19.4. The van der Waals surface area contributed by atoms with Crippen molar-refractivity contribution in [3.63, 3.8) is 0 Å². The summed E-state index contributed by atoms with van der Waals surface area (Å²) in [6.45, 7) is 10.4. The third-order valence-corrected chi connectivity index (χ3v) is 6.05. The Morgan fingerprint density at radius 1 is 0.619 bits per heavy atom. The molecule has 0 unspecified atom stereocenters. The molecule has 0 aromatic carbocycles. The summed E-state index contributed by atoms with van der Waals surface area (Å²) in [5, 5.41) is 0. The van der Waals surface area contributed by atoms with E-state index in [1.54, 1.807) is 0 Å². The fourth-order valence-corrected chi connectivity index (χ4v) is 4.94. The van der Waals surface area contributed by atoms with Crippen molar-refractivity contribution >= 4 is 11.8 Å². The van der Waals surface area contributed by atoms with Crippen LogP contribution < -0.4 is 0 Å². The molecule has 21 heavy (non-hydrogen) atoms. The van der Waals surface area contributed by atoms with E-state index in [1.165, 1.54) is 113 Å². The van der Waals surface area contributed by atoms with Gasteiger partial charge in [-0.05, 0) is 19.3 Å². The molecule has 0 bridgehead atoms. The smallest absolute Gasteiger partial charge is 0.0878 e. The zero-order chi connectivity index (χ0) is 15.2. The fourth-order valence-electron chi connectivity index (χ4n) is 3.70. The van der Waals surface area contributed by atoms with Crippen LogP contribution in [0.4, 0.5) is 0 Å². The van der Waals surface area contributed by atoms with Crippen molar-refractivity contribution in [1.29, 1.82) is 0 Å². The Hall–Kier alpha value is 0.310. The monoisotopic (exact) mass is 314 g/mol. The largest absolute Gasteiger partial charge is 0.322 e. The van der Waals surface area contributed by atoms with Crippen LogP contribution in [0.3, 0.4) is 0 Å². The van der Waals surface area contributed by atoms with Crippen LogP contribution >= 0.6 is 11.8 Å². The topological polar surface area (TPSA) is 0 Å². The van der Waals surface area contributed by atoms with Gasteiger partial charge in [-0.1, -0.05) is 65.2 Å². The highest BCUT2D eigenvalue weighted by Crippen LogP contribution is 2.21. The van der Waals surface area contributed by atoms with Gasteiger partial charge in [-0.25, -0.2) is 0 Å². The lowest BCUT2D eigenvalue weighted by atomic mass is 10.1. The van der Waals surface area contributed by atoms with E-state index in [0.717, 1.165) is 0 Å². The van der Waals surface area contributed by atoms with Crippen LogP contribution in [0.2, 0.25) is 0 Å². The molecule has 0 atom stereocenters. The van der Waals surface area contributed by atoms with Gasteiger partial charge in [0, 0.05) is 11.5 Å². The van der Waals surface area contributed by atoms with Crippen LogP contribution in [0.25, 0.3) is 0 Å². The predicted octanol–water partition coefficient (Wildman–Crippen LogP) is 5.88. The highest BCUT2D eigenvalue weighted by Gasteiger charge is 2.28. The maximum atomic E-state index is 2.36. The molecule has 2 heteroatoms. The molecule has 0 amide bonds. The van der Waals surface area contributed by atoms with Crippen LogP contribution in [0.5, 0.6) is 0 Å². The van der Waals surface area contributed by atoms with Gasteiger partial charge in [-0.3, -0.25) is 0 Å². The van der Waals surface area contributed by atoms with E-state index in [9.17, 15) is 0 Å². The molecule has 0 aromatic rings. The zero-order valence-electron chi connectivity index (χ0n) is 14.9. The summed E-state index contributed by atoms with van der Waals surface area (Å²) in [7, 11) is 0. The zero-order valence-corrected chi connectivity index (χ0v) is 15.7. The first-order valence-electron chi connectivity index (χ1n) is 9.76. The summed E-state index contributed by atoms with van der Waals surface area (Å²) in [6.07, 6.45) is 16.0. The lowest BCUT2D eigenvalue weighted by Crippen LogP contribution is -2.54. The van der Waals surface area contributed by atoms with Gasteiger partial charge in [0.2, 0.25) is 0 Å². The second-order valence-corrected chi connectivity index (χ2v) is 8.26. The fraction of sp³-hybridized carbons (Fsp3) is 1.00. The Labute approximate surface area is 138 Å². The van der Waals surface area contributed by atoms with Crippen molar-refractivity contribution in [2.75, 3.05) is 37.7 Å². The lowest BCUT2D eigenvalue weighted by molar-refractivity contribution is -0.925. The SMILES string of the molecule is CCCCCCCCCCCC[N+]1(CCC)CCSCC1. The summed E-state index contributed by atoms with van der Waals surface area (Å²) in [5.41, 5.74) is 0. The van der Waals surface area contributed by atoms with Crippen LogP contribution in [0.15, 0.2) is 0 Å². The molecule has 1 fully saturated rings. The number of rotatable bonds is 13. The summed E-state index contributed by atoms with van der Waals surface area (Å²) in [4.78, 5) is 0. The van der Waals surface area contributed by atoms with E-state index in [-0.39, 0.29) is 0 Å². The van der Waals surface area contributed by atoms with Crippen molar-refractivity contribution < 1.29 is 4.48 Å². The number of thioether (sulfide) groups is 1. The van der Waals surface area contributed by atoms with Gasteiger partial charge in [0.25, 0.3) is 0 Å². The first-order valence-corrected chi connectivity index (χ1v) is 10.9. The van der Waals surface area contributed by atoms with Crippen molar-refractivity contribution in [3.8, 4) is 0 Å². The van der Waals surface area contributed by atoms with Crippen LogP contribution in [0.1, 0.15) is 84.5 Å². The number of hydrogen-bond donors (Lipinski definition) is 0. The van der Waals surface area contributed by atoms with Crippen molar-refractivity contribution in [1.82, 2.24) is 0 Å². The molecule has 1 heterocycles. The van der Waals surface area contributed by atoms with Crippen molar-refractivity contribution in [2.45, 2.75) is 84.5 Å². The molecule has 1 aliphatic rings. The second kappa shape index (κ2) is 12.8. The third kappa shape index (κ3) is 9.13. The number of nitrogens with zero attached hydrogens (tertiary/aromatic N) is 1. The molecule has 0 saturated carbocycles. The minimum absolute atomic E-state index is 1.36. The number of hydrogen-bond acceptors (Lipinski definition) is 1. The van der Waals surface area contributed by atoms with E-state index >= 15 is 0 Å². The molecule has 1 nitrogen and oxygen atoms in total. The molecule has 1 aliphatic heterocycles. The second-order valence-electron chi connectivity index (χ2n) is 7.03. The molecule has 1 saturated heterocycles. The quantitative estimate of drug-likeness (QED) is 0.302. The highest BCUT2D eigenvalue weighted by atomic mass is 32.2. The summed E-state index contributed by atoms with van der Waals surface area (Å²) >= 11 is 2.17. The summed E-state index contributed by atoms with van der Waals surface area (Å²) in [6, 6.07) is 0. The Morgan fingerprint density at radius 3 is 1.67 bits per heavy atom. The number of unbranched alkanes of at least 4 members (excludes halogenated alkanes) is 9. The van der Waals surface area contributed by atoms with Gasteiger partial charge in [0.15, 0.2) is 0 Å². The third-order valence-electron chi connectivity index (χ3n) is 5.10. The first-order chi connectivity index (χ1) is 10.3. The van der Waals surface area contributed by atoms with Gasteiger partial charge in [0.1, 0.15) is 0 Å². The highest BCUT2D eigenvalue weighted by molar-refractivity contribution is 7.99. The Bertz CT molecular complexity index is 218. The average Bonchev–Trinajstić information content (AvgIpc) is 2.50. The van der Waals surface area contributed by atoms with E-state index in [4.69, 9.17) is 0 Å². The lowest BCUT2D eigenvalue weighted by Gasteiger charge is -2.41. The minimum Gasteiger partial charge on any atom is -0.322 e. The average molecular weight is 315 g/mol. The maximum absolute atomic E-state index is 2.36. The molecule has 0 N–H and O–H groups in total. The van der Waals surface area contributed by atoms with E-state index in [1.807, 2.05) is 0 Å². The van der Waals surface area contributed by atoms with Crippen molar-refractivity contribution in [3.05, 3.63) is 0 Å². The molecule has 1 rings (SSSR count). The van der Waals surface area contributed by atoms with Crippen LogP contribution in [-0.2, 0) is 0 Å². The van der Waals surface area contributed by atoms with Gasteiger partial charge in [0.05, 0.1) is 26.2 Å². The summed E-state index contributed by atoms with van der Waals surface area (Å²) in [5.74, 6) is 2.80. The van der Waals surface area contributed by atoms with E-state index in [2.05, 4.69) is 25.6 Å². The maximum Gasteiger partial charge on any atom is 0.0878 e. The normalized spacial score (nSPS) is 18.0. The standard InChI is InChI=1S/C19H40NS/c1-3-5-6-7-8-9-10-11-12-13-15-20(14-4-2)16-18-21-19-17-20/h3-19H2,1-2H3/q+1. The molecular formula is C19H40NS+.